The Morgan fingerprint density at radius 3 is 1.10 bits per heavy atom. The first kappa shape index (κ1) is 24.1. The third-order valence-corrected chi connectivity index (χ3v) is 8.05. The fourth-order valence-electron chi connectivity index (χ4n) is 6.33. The van der Waals surface area contributed by atoms with Gasteiger partial charge in [-0.3, -0.25) is 0 Å². The molecule has 0 unspecified atom stereocenters. The Labute approximate surface area is 238 Å². The highest BCUT2D eigenvalue weighted by atomic mass is 14.3. The van der Waals surface area contributed by atoms with Gasteiger partial charge in [-0.05, 0) is 78.1 Å². The van der Waals surface area contributed by atoms with Gasteiger partial charge < -0.3 is 0 Å². The zero-order valence-electron chi connectivity index (χ0n) is 21.6. The molecule has 7 rings (SSSR count). The summed E-state index contributed by atoms with van der Waals surface area (Å²) in [5, 5.41) is 69.3. The van der Waals surface area contributed by atoms with E-state index >= 15 is 0 Å². The van der Waals surface area contributed by atoms with E-state index in [1.807, 2.05) is 54.6 Å². The molecule has 0 atom stereocenters. The normalized spacial score (nSPS) is 10.7. The van der Waals surface area contributed by atoms with Crippen LogP contribution in [0.1, 0.15) is 33.4 Å². The van der Waals surface area contributed by atoms with E-state index in [0.717, 1.165) is 43.1 Å². The summed E-state index contributed by atoms with van der Waals surface area (Å²) in [6.45, 7) is 0. The fraction of sp³-hybridized carbons (Fsp3) is 0. The highest BCUT2D eigenvalue weighted by Crippen LogP contribution is 2.46. The van der Waals surface area contributed by atoms with Crippen LogP contribution in [0.25, 0.3) is 64.6 Å². The summed E-state index contributed by atoms with van der Waals surface area (Å²) in [4.78, 5) is 0. The van der Waals surface area contributed by atoms with Crippen molar-refractivity contribution in [3.05, 3.63) is 106 Å². The topological polar surface area (TPSA) is 143 Å². The Hall–Kier alpha value is -6.96. The minimum Gasteiger partial charge on any atom is -0.192 e. The van der Waals surface area contributed by atoms with Gasteiger partial charge in [-0.2, -0.15) is 31.6 Å². The van der Waals surface area contributed by atoms with Crippen LogP contribution in [-0.2, 0) is 0 Å². The van der Waals surface area contributed by atoms with Crippen LogP contribution in [0, 0.1) is 68.0 Å². The molecule has 0 fully saturated rings. The molecule has 0 heterocycles. The lowest BCUT2D eigenvalue weighted by Gasteiger charge is -2.18. The first-order valence-corrected chi connectivity index (χ1v) is 12.8. The van der Waals surface area contributed by atoms with Crippen LogP contribution in [0.2, 0.25) is 0 Å². The van der Waals surface area contributed by atoms with E-state index in [1.165, 1.54) is 0 Å². The SMILES string of the molecule is N#Cc1cc2c3cc4c(C#N)c(C#N)c(C#N)c(C#N)c4cc3c3c4ccccc4c4ccccc4c3c2cc1C#N. The molecule has 0 radical (unpaired) electrons. The summed E-state index contributed by atoms with van der Waals surface area (Å²) in [7, 11) is 0. The van der Waals surface area contributed by atoms with E-state index in [2.05, 4.69) is 36.4 Å². The maximum atomic E-state index is 10.2. The molecule has 0 aromatic heterocycles. The molecule has 0 N–H and O–H groups in total. The molecule has 0 saturated carbocycles. The van der Waals surface area contributed by atoms with Crippen LogP contribution in [0.5, 0.6) is 0 Å². The van der Waals surface area contributed by atoms with Gasteiger partial charge >= 0.3 is 0 Å². The average Bonchev–Trinajstić information content (AvgIpc) is 3.05. The van der Waals surface area contributed by atoms with E-state index in [0.29, 0.717) is 21.5 Å². The van der Waals surface area contributed by atoms with Crippen LogP contribution in [-0.4, -0.2) is 0 Å². The molecular formula is C36H12N6. The van der Waals surface area contributed by atoms with Gasteiger partial charge in [0, 0.05) is 10.8 Å². The van der Waals surface area contributed by atoms with Gasteiger partial charge in [-0.1, -0.05) is 48.5 Å². The molecule has 6 nitrogen and oxygen atoms in total. The molecule has 0 spiro atoms. The average molecular weight is 529 g/mol. The maximum Gasteiger partial charge on any atom is 0.102 e. The number of nitriles is 6. The van der Waals surface area contributed by atoms with Crippen molar-refractivity contribution in [1.82, 2.24) is 0 Å². The lowest BCUT2D eigenvalue weighted by molar-refractivity contribution is 1.39. The summed E-state index contributed by atoms with van der Waals surface area (Å²) in [5.74, 6) is 0. The molecule has 42 heavy (non-hydrogen) atoms. The van der Waals surface area contributed by atoms with E-state index in [1.54, 1.807) is 18.2 Å². The van der Waals surface area contributed by atoms with Crippen molar-refractivity contribution in [2.24, 2.45) is 0 Å². The number of rotatable bonds is 0. The van der Waals surface area contributed by atoms with Crippen LogP contribution >= 0.6 is 0 Å². The molecule has 0 aliphatic rings. The number of benzene rings is 7. The number of hydrogen-bond acceptors (Lipinski definition) is 6. The number of nitrogens with zero attached hydrogens (tertiary/aromatic N) is 6. The molecule has 0 aliphatic heterocycles. The second-order valence-electron chi connectivity index (χ2n) is 9.90. The first-order valence-electron chi connectivity index (χ1n) is 12.8. The van der Waals surface area contributed by atoms with Crippen LogP contribution in [0.15, 0.2) is 72.8 Å². The van der Waals surface area contributed by atoms with Gasteiger partial charge in [0.2, 0.25) is 0 Å². The highest BCUT2D eigenvalue weighted by Gasteiger charge is 2.23. The van der Waals surface area contributed by atoms with Gasteiger partial charge in [0.25, 0.3) is 0 Å². The zero-order valence-corrected chi connectivity index (χ0v) is 21.6. The van der Waals surface area contributed by atoms with Crippen LogP contribution in [0.4, 0.5) is 0 Å². The van der Waals surface area contributed by atoms with Crippen LogP contribution < -0.4 is 0 Å². The predicted molar refractivity (Wildman–Crippen MR) is 160 cm³/mol. The molecule has 7 aromatic rings. The molecule has 0 saturated heterocycles. The van der Waals surface area contributed by atoms with Crippen LogP contribution in [0.3, 0.4) is 0 Å². The first-order chi connectivity index (χ1) is 20.6. The summed E-state index contributed by atoms with van der Waals surface area (Å²) in [6, 6.07) is 35.4. The van der Waals surface area contributed by atoms with Crippen molar-refractivity contribution in [3.63, 3.8) is 0 Å². The number of fused-ring (bicyclic) bond motifs is 12. The lowest BCUT2D eigenvalue weighted by Crippen LogP contribution is -1.98. The van der Waals surface area contributed by atoms with Crippen molar-refractivity contribution in [1.29, 1.82) is 31.6 Å². The largest absolute Gasteiger partial charge is 0.192 e. The molecule has 0 aliphatic carbocycles. The summed E-state index contributed by atoms with van der Waals surface area (Å²) < 4.78 is 0. The van der Waals surface area contributed by atoms with Gasteiger partial charge in [0.05, 0.1) is 33.4 Å². The van der Waals surface area contributed by atoms with Crippen molar-refractivity contribution in [3.8, 4) is 36.4 Å². The Bertz CT molecular complexity index is 2690. The van der Waals surface area contributed by atoms with Crippen molar-refractivity contribution < 1.29 is 0 Å². The molecule has 0 bridgehead atoms. The summed E-state index contributed by atoms with van der Waals surface area (Å²) in [5.41, 5.74) is 0.227. The Kier molecular flexibility index (Phi) is 5.04. The minimum absolute atomic E-state index is 0.00992. The predicted octanol–water partition coefficient (Wildman–Crippen LogP) is 7.84. The highest BCUT2D eigenvalue weighted by molar-refractivity contribution is 6.40. The van der Waals surface area contributed by atoms with Gasteiger partial charge in [0.1, 0.15) is 36.4 Å². The summed E-state index contributed by atoms with van der Waals surface area (Å²) in [6.07, 6.45) is 0. The quantitative estimate of drug-likeness (QED) is 0.145. The van der Waals surface area contributed by atoms with Gasteiger partial charge in [0.15, 0.2) is 0 Å². The lowest BCUT2D eigenvalue weighted by atomic mass is 9.83. The van der Waals surface area contributed by atoms with Gasteiger partial charge in [-0.15, -0.1) is 0 Å². The van der Waals surface area contributed by atoms with E-state index in [-0.39, 0.29) is 33.4 Å². The molecule has 0 amide bonds. The zero-order chi connectivity index (χ0) is 29.1. The Morgan fingerprint density at radius 2 is 0.667 bits per heavy atom. The molecule has 186 valence electrons. The van der Waals surface area contributed by atoms with E-state index in [9.17, 15) is 31.6 Å². The van der Waals surface area contributed by atoms with E-state index < -0.39 is 0 Å². The maximum absolute atomic E-state index is 10.2. The Morgan fingerprint density at radius 1 is 0.310 bits per heavy atom. The van der Waals surface area contributed by atoms with Crippen molar-refractivity contribution in [2.75, 3.05) is 0 Å². The molecule has 6 heteroatoms. The third kappa shape index (κ3) is 2.96. The monoisotopic (exact) mass is 528 g/mol. The smallest absolute Gasteiger partial charge is 0.102 e. The molecular weight excluding hydrogens is 516 g/mol. The Balaban J connectivity index is 1.93. The van der Waals surface area contributed by atoms with Gasteiger partial charge in [-0.25, -0.2) is 0 Å². The standard InChI is InChI=1S/C36H12N6/c37-13-19-9-25-26-11-27-28(32(16-40)34(18-42)33(17-41)31(27)15-39)12-30(26)36-24-8-4-2-6-22(24)21-5-1-3-7-23(21)35(36)29(25)10-20(19)14-38/h1-12H. The molecule has 7 aromatic carbocycles. The second-order valence-corrected chi connectivity index (χ2v) is 9.90. The number of hydrogen-bond donors (Lipinski definition) is 0. The second kappa shape index (κ2) is 8.78. The summed E-state index contributed by atoms with van der Waals surface area (Å²) >= 11 is 0. The minimum atomic E-state index is -0.144. The fourth-order valence-corrected chi connectivity index (χ4v) is 6.33. The third-order valence-electron chi connectivity index (χ3n) is 8.05. The van der Waals surface area contributed by atoms with Crippen molar-refractivity contribution >= 4 is 64.6 Å². The van der Waals surface area contributed by atoms with E-state index in [4.69, 9.17) is 0 Å². The van der Waals surface area contributed by atoms with Crippen molar-refractivity contribution in [2.45, 2.75) is 0 Å².